The van der Waals surface area contributed by atoms with Crippen LogP contribution in [0.15, 0.2) is 48.8 Å². The number of alkyl halides is 3. The van der Waals surface area contributed by atoms with Gasteiger partial charge in [-0.3, -0.25) is 14.6 Å². The normalized spacial score (nSPS) is 11.1. The van der Waals surface area contributed by atoms with Gasteiger partial charge < -0.3 is 10.2 Å². The fourth-order valence-corrected chi connectivity index (χ4v) is 2.35. The first-order chi connectivity index (χ1) is 12.3. The number of nitrogens with one attached hydrogen (secondary N) is 1. The molecule has 0 aliphatic carbocycles. The third-order valence-electron chi connectivity index (χ3n) is 3.66. The Labute approximate surface area is 148 Å². The van der Waals surface area contributed by atoms with Crippen LogP contribution < -0.4 is 5.32 Å². The Balaban J connectivity index is 1.98. The van der Waals surface area contributed by atoms with Crippen LogP contribution in [-0.4, -0.2) is 28.2 Å². The zero-order chi connectivity index (χ0) is 19.2. The highest BCUT2D eigenvalue weighted by Crippen LogP contribution is 2.34. The van der Waals surface area contributed by atoms with Gasteiger partial charge in [-0.15, -0.1) is 0 Å². The number of anilines is 1. The lowest BCUT2D eigenvalue weighted by atomic mass is 10.1. The van der Waals surface area contributed by atoms with E-state index in [1.165, 1.54) is 30.0 Å². The maximum Gasteiger partial charge on any atom is 0.418 e. The van der Waals surface area contributed by atoms with Gasteiger partial charge in [-0.25, -0.2) is 0 Å². The number of benzene rings is 1. The summed E-state index contributed by atoms with van der Waals surface area (Å²) in [5.41, 5.74) is -0.413. The zero-order valence-electron chi connectivity index (χ0n) is 14.1. The molecule has 2 amide bonds. The second kappa shape index (κ2) is 8.46. The summed E-state index contributed by atoms with van der Waals surface area (Å²) in [6, 6.07) is 8.29. The molecule has 138 valence electrons. The minimum Gasteiger partial charge on any atom is -0.338 e. The van der Waals surface area contributed by atoms with Crippen molar-refractivity contribution in [1.82, 2.24) is 9.88 Å². The number of rotatable bonds is 6. The minimum absolute atomic E-state index is 0.0875. The van der Waals surface area contributed by atoms with Gasteiger partial charge in [0, 0.05) is 38.8 Å². The van der Waals surface area contributed by atoms with Crippen molar-refractivity contribution in [2.45, 2.75) is 26.1 Å². The average molecular weight is 365 g/mol. The van der Waals surface area contributed by atoms with Crippen LogP contribution in [0.2, 0.25) is 0 Å². The van der Waals surface area contributed by atoms with Crippen molar-refractivity contribution < 1.29 is 22.8 Å². The van der Waals surface area contributed by atoms with E-state index in [1.807, 2.05) is 0 Å². The van der Waals surface area contributed by atoms with Crippen LogP contribution in [0.1, 0.15) is 24.5 Å². The van der Waals surface area contributed by atoms with Crippen molar-refractivity contribution in [2.75, 3.05) is 11.9 Å². The van der Waals surface area contributed by atoms with Crippen molar-refractivity contribution in [3.05, 3.63) is 59.9 Å². The summed E-state index contributed by atoms with van der Waals surface area (Å²) in [7, 11) is 0. The van der Waals surface area contributed by atoms with E-state index in [4.69, 9.17) is 0 Å². The molecule has 0 aliphatic rings. The van der Waals surface area contributed by atoms with Crippen molar-refractivity contribution in [3.8, 4) is 0 Å². The molecule has 8 heteroatoms. The van der Waals surface area contributed by atoms with Crippen LogP contribution in [0.25, 0.3) is 0 Å². The number of hydrogen-bond acceptors (Lipinski definition) is 3. The van der Waals surface area contributed by atoms with E-state index in [9.17, 15) is 22.8 Å². The first-order valence-corrected chi connectivity index (χ1v) is 7.88. The Morgan fingerprint density at radius 3 is 2.50 bits per heavy atom. The monoisotopic (exact) mass is 365 g/mol. The van der Waals surface area contributed by atoms with Gasteiger partial charge in [0.05, 0.1) is 11.3 Å². The maximum atomic E-state index is 13.0. The van der Waals surface area contributed by atoms with Crippen LogP contribution in [0, 0.1) is 0 Å². The molecule has 0 radical (unpaired) electrons. The van der Waals surface area contributed by atoms with E-state index >= 15 is 0 Å². The van der Waals surface area contributed by atoms with E-state index in [-0.39, 0.29) is 31.1 Å². The third-order valence-corrected chi connectivity index (χ3v) is 3.66. The predicted molar refractivity (Wildman–Crippen MR) is 90.0 cm³/mol. The molecular weight excluding hydrogens is 347 g/mol. The number of para-hydroxylation sites is 1. The predicted octanol–water partition coefficient (Wildman–Crippen LogP) is 3.48. The highest BCUT2D eigenvalue weighted by Gasteiger charge is 2.33. The Morgan fingerprint density at radius 1 is 1.15 bits per heavy atom. The lowest BCUT2D eigenvalue weighted by Gasteiger charge is -2.21. The van der Waals surface area contributed by atoms with E-state index < -0.39 is 17.6 Å². The molecule has 0 bridgehead atoms. The van der Waals surface area contributed by atoms with Crippen LogP contribution in [0.5, 0.6) is 0 Å². The van der Waals surface area contributed by atoms with Gasteiger partial charge in [-0.2, -0.15) is 13.2 Å². The molecule has 2 rings (SSSR count). The van der Waals surface area contributed by atoms with Crippen molar-refractivity contribution in [1.29, 1.82) is 0 Å². The summed E-state index contributed by atoms with van der Waals surface area (Å²) in [5, 5.41) is 2.27. The lowest BCUT2D eigenvalue weighted by molar-refractivity contribution is -0.137. The Morgan fingerprint density at radius 2 is 1.88 bits per heavy atom. The molecule has 0 fully saturated rings. The topological polar surface area (TPSA) is 62.3 Å². The SMILES string of the molecule is CC(=O)N(CCC(=O)Nc1ccccc1C(F)(F)F)Cc1cccnc1. The molecule has 1 aromatic carbocycles. The van der Waals surface area contributed by atoms with Gasteiger partial charge in [0.1, 0.15) is 0 Å². The molecule has 0 unspecified atom stereocenters. The Bertz CT molecular complexity index is 764. The molecule has 1 N–H and O–H groups in total. The number of aromatic nitrogens is 1. The van der Waals surface area contributed by atoms with Gasteiger partial charge in [0.2, 0.25) is 11.8 Å². The number of nitrogens with zero attached hydrogens (tertiary/aromatic N) is 2. The molecule has 0 atom stereocenters. The smallest absolute Gasteiger partial charge is 0.338 e. The van der Waals surface area contributed by atoms with Gasteiger partial charge >= 0.3 is 6.18 Å². The number of carbonyl (C=O) groups excluding carboxylic acids is 2. The number of amides is 2. The standard InChI is InChI=1S/C18H18F3N3O2/c1-13(25)24(12-14-5-4-9-22-11-14)10-8-17(26)23-16-7-3-2-6-15(16)18(19,20)21/h2-7,9,11H,8,10,12H2,1H3,(H,23,26). The van der Waals surface area contributed by atoms with Crippen LogP contribution in [0.4, 0.5) is 18.9 Å². The number of hydrogen-bond donors (Lipinski definition) is 1. The molecule has 26 heavy (non-hydrogen) atoms. The van der Waals surface area contributed by atoms with Crippen LogP contribution >= 0.6 is 0 Å². The largest absolute Gasteiger partial charge is 0.418 e. The minimum atomic E-state index is -4.56. The Hall–Kier alpha value is -2.90. The van der Waals surface area contributed by atoms with E-state index in [0.717, 1.165) is 11.6 Å². The molecule has 1 heterocycles. The second-order valence-corrected chi connectivity index (χ2v) is 5.64. The molecule has 0 saturated heterocycles. The second-order valence-electron chi connectivity index (χ2n) is 5.64. The average Bonchev–Trinajstić information content (AvgIpc) is 2.58. The molecule has 1 aromatic heterocycles. The van der Waals surface area contributed by atoms with Crippen molar-refractivity contribution >= 4 is 17.5 Å². The summed E-state index contributed by atoms with van der Waals surface area (Å²) in [4.78, 5) is 29.2. The Kier molecular flexibility index (Phi) is 6.32. The van der Waals surface area contributed by atoms with Crippen molar-refractivity contribution in [2.24, 2.45) is 0 Å². The maximum absolute atomic E-state index is 13.0. The number of halogens is 3. The van der Waals surface area contributed by atoms with Gasteiger partial charge in [-0.05, 0) is 23.8 Å². The fourth-order valence-electron chi connectivity index (χ4n) is 2.35. The molecule has 0 aliphatic heterocycles. The van der Waals surface area contributed by atoms with E-state index in [0.29, 0.717) is 0 Å². The number of carbonyl (C=O) groups is 2. The lowest BCUT2D eigenvalue weighted by Crippen LogP contribution is -2.31. The van der Waals surface area contributed by atoms with Gasteiger partial charge in [0.15, 0.2) is 0 Å². The van der Waals surface area contributed by atoms with E-state index in [1.54, 1.807) is 24.5 Å². The molecular formula is C18H18F3N3O2. The van der Waals surface area contributed by atoms with Crippen LogP contribution in [0.3, 0.4) is 0 Å². The highest BCUT2D eigenvalue weighted by molar-refractivity contribution is 5.92. The molecule has 0 saturated carbocycles. The summed E-state index contributed by atoms with van der Waals surface area (Å²) in [6.45, 7) is 1.73. The fraction of sp³-hybridized carbons (Fsp3) is 0.278. The van der Waals surface area contributed by atoms with E-state index in [2.05, 4.69) is 10.3 Å². The van der Waals surface area contributed by atoms with Gasteiger partial charge in [0.25, 0.3) is 0 Å². The third kappa shape index (κ3) is 5.58. The number of pyridine rings is 1. The summed E-state index contributed by atoms with van der Waals surface area (Å²) >= 11 is 0. The highest BCUT2D eigenvalue weighted by atomic mass is 19.4. The summed E-state index contributed by atoms with van der Waals surface area (Å²) in [6.07, 6.45) is -1.47. The first-order valence-electron chi connectivity index (χ1n) is 7.88. The quantitative estimate of drug-likeness (QED) is 0.853. The molecule has 5 nitrogen and oxygen atoms in total. The molecule has 0 spiro atoms. The first kappa shape index (κ1) is 19.4. The zero-order valence-corrected chi connectivity index (χ0v) is 14.1. The summed E-state index contributed by atoms with van der Waals surface area (Å²) in [5.74, 6) is -0.837. The van der Waals surface area contributed by atoms with Crippen molar-refractivity contribution in [3.63, 3.8) is 0 Å². The molecule has 2 aromatic rings. The van der Waals surface area contributed by atoms with Crippen LogP contribution in [-0.2, 0) is 22.3 Å². The summed E-state index contributed by atoms with van der Waals surface area (Å²) < 4.78 is 38.9. The van der Waals surface area contributed by atoms with Gasteiger partial charge in [-0.1, -0.05) is 18.2 Å².